The zero-order valence-corrected chi connectivity index (χ0v) is 31.7. The lowest BCUT2D eigenvalue weighted by Crippen LogP contribution is -2.68. The SMILES string of the molecule is CC(=O)OCC1OC(O)C(NC(=O)OCc2ccccc2)C(OCc2ccccc2)C1OC1OC(C(=O)O)C(O)C(OCc2ccccc2)C1OCc1ccccc1. The van der Waals surface area contributed by atoms with E-state index in [1.54, 1.807) is 24.3 Å². The van der Waals surface area contributed by atoms with E-state index in [4.69, 9.17) is 37.9 Å². The molecule has 308 valence electrons. The molecule has 2 fully saturated rings. The lowest BCUT2D eigenvalue weighted by molar-refractivity contribution is -0.353. The van der Waals surface area contributed by atoms with Gasteiger partial charge in [-0.25, -0.2) is 9.59 Å². The monoisotopic (exact) mass is 801 g/mol. The van der Waals surface area contributed by atoms with E-state index in [1.165, 1.54) is 6.92 Å². The van der Waals surface area contributed by atoms with E-state index in [9.17, 15) is 29.7 Å². The number of hydrogen-bond donors (Lipinski definition) is 4. The number of nitrogens with one attached hydrogen (secondary N) is 1. The third kappa shape index (κ3) is 11.7. The fourth-order valence-corrected chi connectivity index (χ4v) is 6.63. The second kappa shape index (κ2) is 21.0. The molecule has 58 heavy (non-hydrogen) atoms. The molecule has 2 aliphatic heterocycles. The van der Waals surface area contributed by atoms with Crippen molar-refractivity contribution in [2.24, 2.45) is 0 Å². The van der Waals surface area contributed by atoms with Crippen molar-refractivity contribution in [2.45, 2.75) is 94.7 Å². The minimum absolute atomic E-state index is 0.0213. The highest BCUT2D eigenvalue weighted by Gasteiger charge is 2.55. The highest BCUT2D eigenvalue weighted by Crippen LogP contribution is 2.34. The van der Waals surface area contributed by atoms with Gasteiger partial charge >= 0.3 is 18.0 Å². The van der Waals surface area contributed by atoms with E-state index in [-0.39, 0.29) is 26.4 Å². The Morgan fingerprint density at radius 2 is 1.07 bits per heavy atom. The number of carboxylic acid groups (broad SMARTS) is 1. The van der Waals surface area contributed by atoms with Crippen LogP contribution in [0.1, 0.15) is 29.2 Å². The molecule has 0 aromatic heterocycles. The van der Waals surface area contributed by atoms with Gasteiger partial charge < -0.3 is 58.5 Å². The number of amides is 1. The molecular formula is C43H47NO14. The maximum Gasteiger partial charge on any atom is 0.407 e. The Balaban J connectivity index is 1.34. The third-order valence-electron chi connectivity index (χ3n) is 9.52. The van der Waals surface area contributed by atoms with Gasteiger partial charge in [-0.1, -0.05) is 121 Å². The number of carboxylic acids is 1. The van der Waals surface area contributed by atoms with Gasteiger partial charge in [0, 0.05) is 6.92 Å². The Labute approximate surface area is 335 Å². The van der Waals surface area contributed by atoms with E-state index in [0.29, 0.717) is 5.56 Å². The van der Waals surface area contributed by atoms with Crippen molar-refractivity contribution in [2.75, 3.05) is 6.61 Å². The van der Waals surface area contributed by atoms with Crippen molar-refractivity contribution < 1.29 is 67.6 Å². The molecule has 1 amide bonds. The van der Waals surface area contributed by atoms with Crippen LogP contribution in [0.3, 0.4) is 0 Å². The molecule has 15 nitrogen and oxygen atoms in total. The predicted octanol–water partition coefficient (Wildman–Crippen LogP) is 3.87. The Hall–Kier alpha value is -5.23. The van der Waals surface area contributed by atoms with Gasteiger partial charge in [0.05, 0.1) is 19.8 Å². The van der Waals surface area contributed by atoms with E-state index >= 15 is 0 Å². The van der Waals surface area contributed by atoms with Crippen LogP contribution in [0.4, 0.5) is 4.79 Å². The van der Waals surface area contributed by atoms with Crippen molar-refractivity contribution in [1.82, 2.24) is 5.32 Å². The predicted molar refractivity (Wildman–Crippen MR) is 203 cm³/mol. The van der Waals surface area contributed by atoms with Crippen molar-refractivity contribution >= 4 is 18.0 Å². The molecular weight excluding hydrogens is 754 g/mol. The van der Waals surface area contributed by atoms with Gasteiger partial charge in [0.15, 0.2) is 18.7 Å². The summed E-state index contributed by atoms with van der Waals surface area (Å²) in [6, 6.07) is 34.9. The average molecular weight is 802 g/mol. The molecule has 4 N–H and O–H groups in total. The van der Waals surface area contributed by atoms with Gasteiger partial charge in [-0.05, 0) is 22.3 Å². The largest absolute Gasteiger partial charge is 0.479 e. The summed E-state index contributed by atoms with van der Waals surface area (Å²) in [6.45, 7) is 0.563. The second-order valence-corrected chi connectivity index (χ2v) is 13.7. The molecule has 4 aromatic rings. The van der Waals surface area contributed by atoms with Crippen LogP contribution in [0.15, 0.2) is 121 Å². The summed E-state index contributed by atoms with van der Waals surface area (Å²) in [4.78, 5) is 38.0. The maximum absolute atomic E-state index is 13.3. The van der Waals surface area contributed by atoms with E-state index in [2.05, 4.69) is 5.32 Å². The first-order chi connectivity index (χ1) is 28.2. The van der Waals surface area contributed by atoms with E-state index < -0.39 is 86.0 Å². The number of aliphatic hydroxyl groups excluding tert-OH is 2. The van der Waals surface area contributed by atoms with Crippen LogP contribution in [0, 0.1) is 0 Å². The number of benzene rings is 4. The smallest absolute Gasteiger partial charge is 0.407 e. The van der Waals surface area contributed by atoms with Gasteiger partial charge in [-0.2, -0.15) is 0 Å². The van der Waals surface area contributed by atoms with Gasteiger partial charge in [0.25, 0.3) is 0 Å². The normalized spacial score (nSPS) is 26.9. The average Bonchev–Trinajstić information content (AvgIpc) is 3.23. The Bertz CT molecular complexity index is 1870. The molecule has 2 heterocycles. The first-order valence-corrected chi connectivity index (χ1v) is 18.8. The molecule has 4 aromatic carbocycles. The number of alkyl carbamates (subject to hydrolysis) is 1. The minimum atomic E-state index is -1.85. The van der Waals surface area contributed by atoms with Crippen LogP contribution in [-0.4, -0.2) is 101 Å². The number of ether oxygens (including phenoxy) is 8. The zero-order chi connectivity index (χ0) is 40.9. The molecule has 6 rings (SSSR count). The Morgan fingerprint density at radius 3 is 1.55 bits per heavy atom. The summed E-state index contributed by atoms with van der Waals surface area (Å²) in [7, 11) is 0. The minimum Gasteiger partial charge on any atom is -0.479 e. The molecule has 2 aliphatic rings. The summed E-state index contributed by atoms with van der Waals surface area (Å²) < 4.78 is 48.4. The number of aliphatic carboxylic acids is 1. The van der Waals surface area contributed by atoms with E-state index in [0.717, 1.165) is 16.7 Å². The molecule has 0 aliphatic carbocycles. The second-order valence-electron chi connectivity index (χ2n) is 13.7. The van der Waals surface area contributed by atoms with Gasteiger partial charge in [-0.3, -0.25) is 4.79 Å². The Kier molecular flexibility index (Phi) is 15.3. The molecule has 15 heteroatoms. The molecule has 0 spiro atoms. The summed E-state index contributed by atoms with van der Waals surface area (Å²) in [5, 5.41) is 35.8. The molecule has 0 saturated carbocycles. The number of carbonyl (C=O) groups excluding carboxylic acids is 2. The lowest BCUT2D eigenvalue weighted by Gasteiger charge is -2.48. The summed E-state index contributed by atoms with van der Waals surface area (Å²) in [5.74, 6) is -2.16. The maximum atomic E-state index is 13.3. The van der Waals surface area contributed by atoms with Crippen molar-refractivity contribution in [1.29, 1.82) is 0 Å². The number of hydrogen-bond acceptors (Lipinski definition) is 13. The third-order valence-corrected chi connectivity index (χ3v) is 9.52. The number of rotatable bonds is 17. The number of esters is 1. The van der Waals surface area contributed by atoms with E-state index in [1.807, 2.05) is 97.1 Å². The summed E-state index contributed by atoms with van der Waals surface area (Å²) in [5.41, 5.74) is 2.93. The topological polar surface area (TPSA) is 198 Å². The summed E-state index contributed by atoms with van der Waals surface area (Å²) in [6.07, 6.45) is -14.4. The highest BCUT2D eigenvalue weighted by atomic mass is 16.7. The van der Waals surface area contributed by atoms with Crippen molar-refractivity contribution in [3.8, 4) is 0 Å². The van der Waals surface area contributed by atoms with Gasteiger partial charge in [0.2, 0.25) is 0 Å². The van der Waals surface area contributed by atoms with Crippen molar-refractivity contribution in [3.63, 3.8) is 0 Å². The summed E-state index contributed by atoms with van der Waals surface area (Å²) >= 11 is 0. The van der Waals surface area contributed by atoms with Crippen LogP contribution in [-0.2, 0) is 73.9 Å². The van der Waals surface area contributed by atoms with Crippen LogP contribution in [0.2, 0.25) is 0 Å². The van der Waals surface area contributed by atoms with Gasteiger partial charge in [-0.15, -0.1) is 0 Å². The van der Waals surface area contributed by atoms with Crippen LogP contribution >= 0.6 is 0 Å². The first kappa shape index (κ1) is 42.4. The van der Waals surface area contributed by atoms with Crippen LogP contribution in [0.5, 0.6) is 0 Å². The molecule has 2 saturated heterocycles. The molecule has 10 unspecified atom stereocenters. The van der Waals surface area contributed by atoms with Crippen LogP contribution < -0.4 is 5.32 Å². The molecule has 0 bridgehead atoms. The fraction of sp³-hybridized carbons (Fsp3) is 0.372. The number of aliphatic hydroxyl groups is 2. The quantitative estimate of drug-likeness (QED) is 0.112. The number of carbonyl (C=O) groups is 3. The molecule has 0 radical (unpaired) electrons. The van der Waals surface area contributed by atoms with Crippen molar-refractivity contribution in [3.05, 3.63) is 144 Å². The molecule has 10 atom stereocenters. The standard InChI is InChI=1S/C43H47NO14/c1-27(45)51-26-32-35(36(52-22-28-14-6-2-7-15-28)33(41(49)56-32)44-43(50)55-25-31-20-12-5-13-21-31)57-42-39(54-24-30-18-10-4-11-19-30)37(34(46)38(58-42)40(47)48)53-23-29-16-8-3-9-17-29/h2-21,32-39,41-42,46,49H,22-26H2,1H3,(H,44,50)(H,47,48). The fourth-order valence-electron chi connectivity index (χ4n) is 6.63. The first-order valence-electron chi connectivity index (χ1n) is 18.8. The highest BCUT2D eigenvalue weighted by molar-refractivity contribution is 5.73. The van der Waals surface area contributed by atoms with Crippen LogP contribution in [0.25, 0.3) is 0 Å². The lowest BCUT2D eigenvalue weighted by atomic mass is 9.95. The zero-order valence-electron chi connectivity index (χ0n) is 31.7. The Morgan fingerprint density at radius 1 is 0.603 bits per heavy atom. The van der Waals surface area contributed by atoms with Gasteiger partial charge in [0.1, 0.15) is 55.9 Å².